The summed E-state index contributed by atoms with van der Waals surface area (Å²) in [6.07, 6.45) is 4.20. The first-order chi connectivity index (χ1) is 9.99. The second kappa shape index (κ2) is 5.04. The van der Waals surface area contributed by atoms with Crippen molar-refractivity contribution in [2.45, 2.75) is 24.9 Å². The lowest BCUT2D eigenvalue weighted by Gasteiger charge is -2.29. The van der Waals surface area contributed by atoms with Gasteiger partial charge in [0.2, 0.25) is 5.60 Å². The minimum absolute atomic E-state index is 0.248. The number of carboxylic acids is 1. The number of carboxylic acid groups (broad SMARTS) is 1. The van der Waals surface area contributed by atoms with Gasteiger partial charge in [0, 0.05) is 23.7 Å². The van der Waals surface area contributed by atoms with Crippen LogP contribution in [0.1, 0.15) is 24.0 Å². The van der Waals surface area contributed by atoms with Crippen molar-refractivity contribution < 1.29 is 14.6 Å². The number of ether oxygens (including phenoxy) is 1. The Morgan fingerprint density at radius 1 is 1.57 bits per heavy atom. The number of hydrogen-bond donors (Lipinski definition) is 1. The molecule has 112 valence electrons. The van der Waals surface area contributed by atoms with Crippen LogP contribution in [-0.2, 0) is 11.2 Å². The highest BCUT2D eigenvalue weighted by Crippen LogP contribution is 2.50. The van der Waals surface area contributed by atoms with E-state index in [4.69, 9.17) is 16.3 Å². The second-order valence-corrected chi connectivity index (χ2v) is 6.11. The molecule has 5 heteroatoms. The molecule has 4 nitrogen and oxygen atoms in total. The van der Waals surface area contributed by atoms with Gasteiger partial charge in [-0.1, -0.05) is 17.7 Å². The van der Waals surface area contributed by atoms with E-state index in [0.717, 1.165) is 24.1 Å². The maximum atomic E-state index is 12.0. The first kappa shape index (κ1) is 14.4. The van der Waals surface area contributed by atoms with E-state index in [9.17, 15) is 9.90 Å². The summed E-state index contributed by atoms with van der Waals surface area (Å²) in [5.41, 5.74) is 0.651. The molecule has 0 spiro atoms. The van der Waals surface area contributed by atoms with Crippen molar-refractivity contribution in [2.24, 2.45) is 0 Å². The quantitative estimate of drug-likeness (QED) is 0.854. The summed E-state index contributed by atoms with van der Waals surface area (Å²) >= 11 is 6.34. The van der Waals surface area contributed by atoms with Crippen LogP contribution < -0.4 is 4.74 Å². The first-order valence-corrected chi connectivity index (χ1v) is 7.43. The molecule has 21 heavy (non-hydrogen) atoms. The SMILES string of the molecule is C/C=C\C1(C(=O)O)Oc2ccc(Cl)c3c2C1CN(C)CC3. The van der Waals surface area contributed by atoms with Crippen molar-refractivity contribution in [2.75, 3.05) is 20.1 Å². The number of carbonyl (C=O) groups is 1. The summed E-state index contributed by atoms with van der Waals surface area (Å²) in [4.78, 5) is 14.1. The van der Waals surface area contributed by atoms with Gasteiger partial charge in [-0.25, -0.2) is 4.79 Å². The lowest BCUT2D eigenvalue weighted by molar-refractivity contribution is -0.151. The lowest BCUT2D eigenvalue weighted by Crippen LogP contribution is -2.47. The standard InChI is InChI=1S/C16H18ClNO3/c1-3-7-16(15(19)20)11-9-18(2)8-6-10-12(17)4-5-13(21-16)14(10)11/h3-5,7,11H,6,8-9H2,1-2H3,(H,19,20)/b7-3-. The number of rotatable bonds is 2. The molecule has 2 aliphatic heterocycles. The Bertz CT molecular complexity index is 628. The molecular formula is C16H18ClNO3. The average Bonchev–Trinajstić information content (AvgIpc) is 2.62. The molecule has 0 radical (unpaired) electrons. The highest BCUT2D eigenvalue weighted by atomic mass is 35.5. The van der Waals surface area contributed by atoms with Gasteiger partial charge in [-0.05, 0) is 44.2 Å². The summed E-state index contributed by atoms with van der Waals surface area (Å²) in [6.45, 7) is 3.31. The molecule has 2 aliphatic rings. The van der Waals surface area contributed by atoms with Crippen molar-refractivity contribution in [1.82, 2.24) is 4.90 Å². The molecule has 0 aliphatic carbocycles. The zero-order chi connectivity index (χ0) is 15.2. The van der Waals surface area contributed by atoms with Crippen molar-refractivity contribution >= 4 is 17.6 Å². The molecule has 1 aromatic carbocycles. The van der Waals surface area contributed by atoms with Crippen LogP contribution in [0.25, 0.3) is 0 Å². The van der Waals surface area contributed by atoms with Gasteiger partial charge in [-0.15, -0.1) is 0 Å². The molecule has 0 amide bonds. The largest absolute Gasteiger partial charge is 0.478 e. The van der Waals surface area contributed by atoms with Gasteiger partial charge in [0.1, 0.15) is 5.75 Å². The Hall–Kier alpha value is -1.52. The number of halogens is 1. The molecule has 0 saturated carbocycles. The summed E-state index contributed by atoms with van der Waals surface area (Å²) in [6, 6.07) is 3.58. The van der Waals surface area contributed by atoms with E-state index in [1.807, 2.05) is 14.0 Å². The fourth-order valence-electron chi connectivity index (χ4n) is 3.40. The molecular weight excluding hydrogens is 290 g/mol. The third-order valence-corrected chi connectivity index (χ3v) is 4.75. The average molecular weight is 308 g/mol. The zero-order valence-corrected chi connectivity index (χ0v) is 12.9. The summed E-state index contributed by atoms with van der Waals surface area (Å²) in [7, 11) is 2.00. The number of nitrogens with zero attached hydrogens (tertiary/aromatic N) is 1. The van der Waals surface area contributed by atoms with Gasteiger partial charge in [0.05, 0.1) is 5.92 Å². The zero-order valence-electron chi connectivity index (χ0n) is 12.1. The van der Waals surface area contributed by atoms with Gasteiger partial charge in [0.15, 0.2) is 0 Å². The summed E-state index contributed by atoms with van der Waals surface area (Å²) in [5, 5.41) is 10.5. The summed E-state index contributed by atoms with van der Waals surface area (Å²) < 4.78 is 5.91. The van der Waals surface area contributed by atoms with E-state index in [-0.39, 0.29) is 5.92 Å². The number of likely N-dealkylation sites (N-methyl/N-ethyl adjacent to an activating group) is 1. The summed E-state index contributed by atoms with van der Waals surface area (Å²) in [5.74, 6) is -0.559. The fourth-order valence-corrected chi connectivity index (χ4v) is 3.66. The van der Waals surface area contributed by atoms with Crippen LogP contribution >= 0.6 is 11.6 Å². The maximum Gasteiger partial charge on any atom is 0.352 e. The highest BCUT2D eigenvalue weighted by molar-refractivity contribution is 6.31. The van der Waals surface area contributed by atoms with E-state index >= 15 is 0 Å². The van der Waals surface area contributed by atoms with Crippen LogP contribution in [0.3, 0.4) is 0 Å². The van der Waals surface area contributed by atoms with Gasteiger partial charge >= 0.3 is 5.97 Å². The molecule has 1 N–H and O–H groups in total. The molecule has 0 bridgehead atoms. The third-order valence-electron chi connectivity index (χ3n) is 4.39. The van der Waals surface area contributed by atoms with E-state index in [1.165, 1.54) is 0 Å². The molecule has 0 fully saturated rings. The van der Waals surface area contributed by atoms with Crippen LogP contribution in [-0.4, -0.2) is 41.7 Å². The molecule has 2 unspecified atom stereocenters. The number of aliphatic carboxylic acids is 1. The lowest BCUT2D eigenvalue weighted by atomic mass is 9.82. The number of hydrogen-bond acceptors (Lipinski definition) is 3. The van der Waals surface area contributed by atoms with Crippen molar-refractivity contribution in [3.8, 4) is 5.75 Å². The fraction of sp³-hybridized carbons (Fsp3) is 0.438. The number of benzene rings is 1. The van der Waals surface area contributed by atoms with Crippen LogP contribution in [0.2, 0.25) is 5.02 Å². The van der Waals surface area contributed by atoms with E-state index < -0.39 is 11.6 Å². The van der Waals surface area contributed by atoms with Crippen LogP contribution in [0.4, 0.5) is 0 Å². The molecule has 0 saturated heterocycles. The Kier molecular flexibility index (Phi) is 3.46. The minimum Gasteiger partial charge on any atom is -0.478 e. The Labute approximate surface area is 129 Å². The maximum absolute atomic E-state index is 12.0. The predicted octanol–water partition coefficient (Wildman–Crippen LogP) is 2.70. The van der Waals surface area contributed by atoms with Gasteiger partial charge in [-0.3, -0.25) is 0 Å². The van der Waals surface area contributed by atoms with Crippen LogP contribution in [0.15, 0.2) is 24.3 Å². The van der Waals surface area contributed by atoms with Crippen molar-refractivity contribution in [3.63, 3.8) is 0 Å². The second-order valence-electron chi connectivity index (χ2n) is 5.70. The van der Waals surface area contributed by atoms with Gasteiger partial charge < -0.3 is 14.7 Å². The van der Waals surface area contributed by atoms with Gasteiger partial charge in [-0.2, -0.15) is 0 Å². The molecule has 1 aromatic rings. The Morgan fingerprint density at radius 3 is 3.00 bits per heavy atom. The number of allylic oxidation sites excluding steroid dienone is 1. The van der Waals surface area contributed by atoms with Crippen molar-refractivity contribution in [1.29, 1.82) is 0 Å². The highest BCUT2D eigenvalue weighted by Gasteiger charge is 2.54. The first-order valence-electron chi connectivity index (χ1n) is 7.05. The van der Waals surface area contributed by atoms with Gasteiger partial charge in [0.25, 0.3) is 0 Å². The molecule has 2 atom stereocenters. The third kappa shape index (κ3) is 2.05. The smallest absolute Gasteiger partial charge is 0.352 e. The van der Waals surface area contributed by atoms with E-state index in [2.05, 4.69) is 4.90 Å². The van der Waals surface area contributed by atoms with Crippen LogP contribution in [0, 0.1) is 0 Å². The Morgan fingerprint density at radius 2 is 2.33 bits per heavy atom. The Balaban J connectivity index is 2.24. The van der Waals surface area contributed by atoms with Crippen molar-refractivity contribution in [3.05, 3.63) is 40.4 Å². The normalized spacial score (nSPS) is 28.2. The van der Waals surface area contributed by atoms with E-state index in [1.54, 1.807) is 24.3 Å². The molecule has 2 heterocycles. The minimum atomic E-state index is -1.34. The topological polar surface area (TPSA) is 49.8 Å². The van der Waals surface area contributed by atoms with Crippen LogP contribution in [0.5, 0.6) is 5.75 Å². The van der Waals surface area contributed by atoms with E-state index in [0.29, 0.717) is 17.3 Å². The predicted molar refractivity (Wildman–Crippen MR) is 81.2 cm³/mol. The monoisotopic (exact) mass is 307 g/mol. The molecule has 3 rings (SSSR count). The molecule has 0 aromatic heterocycles.